The molecule has 2 nitrogen and oxygen atoms in total. The first-order valence-electron chi connectivity index (χ1n) is 15.8. The van der Waals surface area contributed by atoms with Gasteiger partial charge in [0.2, 0.25) is 0 Å². The van der Waals surface area contributed by atoms with Crippen LogP contribution in [0.3, 0.4) is 0 Å². The van der Waals surface area contributed by atoms with Gasteiger partial charge in [-0.05, 0) is 86.3 Å². The molecule has 0 atom stereocenters. The molecule has 2 aromatic heterocycles. The molecule has 0 radical (unpaired) electrons. The van der Waals surface area contributed by atoms with Gasteiger partial charge in [-0.1, -0.05) is 121 Å². The van der Waals surface area contributed by atoms with Crippen LogP contribution >= 0.6 is 0 Å². The summed E-state index contributed by atoms with van der Waals surface area (Å²) in [4.78, 5) is 0. The second-order valence-electron chi connectivity index (χ2n) is 12.1. The Morgan fingerprint density at radius 1 is 0.326 bits per heavy atom. The van der Waals surface area contributed by atoms with Gasteiger partial charge in [-0.15, -0.1) is 0 Å². The highest BCUT2D eigenvalue weighted by atomic mass is 16.3. The van der Waals surface area contributed by atoms with Gasteiger partial charge in [-0.25, -0.2) is 0 Å². The molecule has 8 aromatic carbocycles. The van der Waals surface area contributed by atoms with Gasteiger partial charge in [0, 0.05) is 27.2 Å². The van der Waals surface area contributed by atoms with Crippen molar-refractivity contribution < 1.29 is 4.42 Å². The number of aromatic nitrogens is 1. The third-order valence-electron chi connectivity index (χ3n) is 9.59. The quantitative estimate of drug-likeness (QED) is 0.189. The van der Waals surface area contributed by atoms with E-state index in [0.29, 0.717) is 0 Å². The molecule has 0 N–H and O–H groups in total. The predicted octanol–water partition coefficient (Wildman–Crippen LogP) is 12.3. The van der Waals surface area contributed by atoms with Crippen molar-refractivity contribution in [2.24, 2.45) is 0 Å². The minimum Gasteiger partial charge on any atom is -0.456 e. The van der Waals surface area contributed by atoms with Crippen LogP contribution in [0.1, 0.15) is 0 Å². The molecular formula is C44H27NO. The van der Waals surface area contributed by atoms with Crippen molar-refractivity contribution >= 4 is 65.3 Å². The number of rotatable bonds is 3. The summed E-state index contributed by atoms with van der Waals surface area (Å²) in [5, 5.41) is 9.83. The molecule has 0 fully saturated rings. The normalized spacial score (nSPS) is 11.9. The average molecular weight is 586 g/mol. The second kappa shape index (κ2) is 9.69. The lowest BCUT2D eigenvalue weighted by Gasteiger charge is -2.18. The zero-order valence-electron chi connectivity index (χ0n) is 24.9. The van der Waals surface area contributed by atoms with Gasteiger partial charge in [-0.3, -0.25) is 0 Å². The molecule has 0 aliphatic heterocycles. The second-order valence-corrected chi connectivity index (χ2v) is 12.1. The molecule has 0 spiro atoms. The number of furan rings is 1. The molecule has 2 heterocycles. The van der Waals surface area contributed by atoms with Crippen LogP contribution in [0.25, 0.3) is 93.2 Å². The number of hydrogen-bond acceptors (Lipinski definition) is 1. The fraction of sp³-hybridized carbons (Fsp3) is 0. The Hall–Kier alpha value is -6.12. The van der Waals surface area contributed by atoms with Crippen LogP contribution in [-0.2, 0) is 0 Å². The molecule has 0 saturated carbocycles. The van der Waals surface area contributed by atoms with Gasteiger partial charge in [0.05, 0.1) is 11.0 Å². The largest absolute Gasteiger partial charge is 0.456 e. The van der Waals surface area contributed by atoms with Gasteiger partial charge in [0.25, 0.3) is 0 Å². The van der Waals surface area contributed by atoms with Crippen molar-refractivity contribution in [2.75, 3.05) is 0 Å². The Bertz CT molecular complexity index is 2690. The molecular weight excluding hydrogens is 558 g/mol. The molecule has 0 aliphatic rings. The van der Waals surface area contributed by atoms with Crippen molar-refractivity contribution in [1.29, 1.82) is 0 Å². The van der Waals surface area contributed by atoms with Crippen molar-refractivity contribution in [2.45, 2.75) is 0 Å². The number of fused-ring (bicyclic) bond motifs is 8. The minimum atomic E-state index is 0.915. The zero-order valence-corrected chi connectivity index (χ0v) is 24.9. The van der Waals surface area contributed by atoms with Gasteiger partial charge >= 0.3 is 0 Å². The Kier molecular flexibility index (Phi) is 5.31. The van der Waals surface area contributed by atoms with Crippen molar-refractivity contribution in [3.8, 4) is 27.9 Å². The summed E-state index contributed by atoms with van der Waals surface area (Å²) < 4.78 is 8.56. The molecule has 0 unspecified atom stereocenters. The van der Waals surface area contributed by atoms with Gasteiger partial charge < -0.3 is 8.98 Å². The summed E-state index contributed by atoms with van der Waals surface area (Å²) >= 11 is 0. The highest BCUT2D eigenvalue weighted by Gasteiger charge is 2.18. The van der Waals surface area contributed by atoms with E-state index in [1.54, 1.807) is 0 Å². The molecule has 214 valence electrons. The van der Waals surface area contributed by atoms with Crippen LogP contribution in [-0.4, -0.2) is 4.57 Å². The van der Waals surface area contributed by atoms with Crippen LogP contribution in [0.2, 0.25) is 0 Å². The SMILES string of the molecule is c1ccc2c(c1)oc1ccc(-c3c4ccccc4c(-c4ccc(-n5c6ccccc6c6ccccc65)cc4)c4ccccc34)cc12. The lowest BCUT2D eigenvalue weighted by atomic mass is 9.85. The Morgan fingerprint density at radius 3 is 1.35 bits per heavy atom. The summed E-state index contributed by atoms with van der Waals surface area (Å²) in [7, 11) is 0. The van der Waals surface area contributed by atoms with E-state index in [1.165, 1.54) is 65.6 Å². The maximum Gasteiger partial charge on any atom is 0.135 e. The van der Waals surface area contributed by atoms with E-state index in [0.717, 1.165) is 27.6 Å². The van der Waals surface area contributed by atoms with Crippen LogP contribution in [0.5, 0.6) is 0 Å². The van der Waals surface area contributed by atoms with E-state index >= 15 is 0 Å². The highest BCUT2D eigenvalue weighted by molar-refractivity contribution is 6.22. The summed E-state index contributed by atoms with van der Waals surface area (Å²) in [6.07, 6.45) is 0. The van der Waals surface area contributed by atoms with E-state index < -0.39 is 0 Å². The third-order valence-corrected chi connectivity index (χ3v) is 9.59. The first kappa shape index (κ1) is 25.2. The van der Waals surface area contributed by atoms with E-state index in [9.17, 15) is 0 Å². The van der Waals surface area contributed by atoms with Crippen molar-refractivity contribution in [3.05, 3.63) is 164 Å². The molecule has 0 amide bonds. The standard InChI is InChI=1S/C44H27NO/c1-3-16-36-34(14-1)43(28-21-24-30(25-22-28)45-39-18-8-5-11-31(39)32-12-6-9-19-40(32)45)35-15-2-4-17-37(35)44(36)29-23-26-42-38(27-29)33-13-7-10-20-41(33)46-42/h1-27H. The summed E-state index contributed by atoms with van der Waals surface area (Å²) in [6.45, 7) is 0. The highest BCUT2D eigenvalue weighted by Crippen LogP contribution is 2.45. The Balaban J connectivity index is 1.20. The maximum absolute atomic E-state index is 6.18. The van der Waals surface area contributed by atoms with Crippen LogP contribution < -0.4 is 0 Å². The van der Waals surface area contributed by atoms with Crippen molar-refractivity contribution in [3.63, 3.8) is 0 Å². The van der Waals surface area contributed by atoms with Crippen LogP contribution in [0.15, 0.2) is 168 Å². The lowest BCUT2D eigenvalue weighted by Crippen LogP contribution is -1.94. The summed E-state index contributed by atoms with van der Waals surface area (Å²) in [5.74, 6) is 0. The fourth-order valence-corrected chi connectivity index (χ4v) is 7.61. The number of nitrogens with zero attached hydrogens (tertiary/aromatic N) is 1. The van der Waals surface area contributed by atoms with E-state index in [2.05, 4.69) is 156 Å². The average Bonchev–Trinajstić information content (AvgIpc) is 3.66. The van der Waals surface area contributed by atoms with Crippen molar-refractivity contribution in [1.82, 2.24) is 4.57 Å². The predicted molar refractivity (Wildman–Crippen MR) is 194 cm³/mol. The molecule has 0 aliphatic carbocycles. The van der Waals surface area contributed by atoms with Gasteiger partial charge in [0.15, 0.2) is 0 Å². The smallest absolute Gasteiger partial charge is 0.135 e. The van der Waals surface area contributed by atoms with Gasteiger partial charge in [0.1, 0.15) is 11.2 Å². The number of para-hydroxylation sites is 3. The zero-order chi connectivity index (χ0) is 30.2. The molecule has 10 rings (SSSR count). The van der Waals surface area contributed by atoms with E-state index in [4.69, 9.17) is 4.42 Å². The minimum absolute atomic E-state index is 0.915. The lowest BCUT2D eigenvalue weighted by molar-refractivity contribution is 0.669. The topological polar surface area (TPSA) is 18.1 Å². The first-order valence-corrected chi connectivity index (χ1v) is 15.8. The third kappa shape index (κ3) is 3.59. The van der Waals surface area contributed by atoms with E-state index in [1.807, 2.05) is 12.1 Å². The summed E-state index contributed by atoms with van der Waals surface area (Å²) in [5.41, 5.74) is 10.4. The maximum atomic E-state index is 6.18. The fourth-order valence-electron chi connectivity index (χ4n) is 7.61. The molecule has 0 saturated heterocycles. The monoisotopic (exact) mass is 585 g/mol. The molecule has 10 aromatic rings. The van der Waals surface area contributed by atoms with Gasteiger partial charge in [-0.2, -0.15) is 0 Å². The first-order chi connectivity index (χ1) is 22.8. The Labute approximate surface area is 265 Å². The Morgan fingerprint density at radius 2 is 0.761 bits per heavy atom. The van der Waals surface area contributed by atoms with Crippen LogP contribution in [0.4, 0.5) is 0 Å². The molecule has 46 heavy (non-hydrogen) atoms. The number of benzene rings is 8. The molecule has 2 heteroatoms. The van der Waals surface area contributed by atoms with Crippen LogP contribution in [0, 0.1) is 0 Å². The number of hydrogen-bond donors (Lipinski definition) is 0. The summed E-state index contributed by atoms with van der Waals surface area (Å²) in [6, 6.07) is 59.1. The molecule has 0 bridgehead atoms. The van der Waals surface area contributed by atoms with E-state index in [-0.39, 0.29) is 0 Å².